The molecule has 3 heteroatoms. The van der Waals surface area contributed by atoms with E-state index in [4.69, 9.17) is 10.5 Å². The van der Waals surface area contributed by atoms with Crippen LogP contribution in [0.15, 0.2) is 18.2 Å². The van der Waals surface area contributed by atoms with Gasteiger partial charge in [0.2, 0.25) is 0 Å². The standard InChI is InChI=1S/C15H24N2O/c1-17(2)9-6-12-4-5-14(18-3)13(10-12)11-15(16)7-8-15/h4-5,10H,6-9,11,16H2,1-3H3. The van der Waals surface area contributed by atoms with E-state index >= 15 is 0 Å². The van der Waals surface area contributed by atoms with Gasteiger partial charge in [-0.05, 0) is 57.0 Å². The summed E-state index contributed by atoms with van der Waals surface area (Å²) in [4.78, 5) is 2.20. The second-order valence-electron chi connectivity index (χ2n) is 5.74. The molecule has 0 spiro atoms. The summed E-state index contributed by atoms with van der Waals surface area (Å²) in [7, 11) is 5.93. The molecule has 1 aromatic carbocycles. The largest absolute Gasteiger partial charge is 0.496 e. The molecule has 0 atom stereocenters. The van der Waals surface area contributed by atoms with Gasteiger partial charge in [0.1, 0.15) is 5.75 Å². The molecule has 2 N–H and O–H groups in total. The van der Waals surface area contributed by atoms with Crippen LogP contribution in [0, 0.1) is 0 Å². The third-order valence-electron chi connectivity index (χ3n) is 3.63. The first-order valence-electron chi connectivity index (χ1n) is 6.62. The molecule has 1 fully saturated rings. The smallest absolute Gasteiger partial charge is 0.122 e. The van der Waals surface area contributed by atoms with E-state index in [1.807, 2.05) is 0 Å². The van der Waals surface area contributed by atoms with E-state index in [9.17, 15) is 0 Å². The highest BCUT2D eigenvalue weighted by molar-refractivity contribution is 5.39. The van der Waals surface area contributed by atoms with Gasteiger partial charge in [0.25, 0.3) is 0 Å². The number of benzene rings is 1. The van der Waals surface area contributed by atoms with Crippen molar-refractivity contribution in [2.45, 2.75) is 31.2 Å². The fourth-order valence-electron chi connectivity index (χ4n) is 2.19. The summed E-state index contributed by atoms with van der Waals surface area (Å²) in [6, 6.07) is 6.49. The minimum Gasteiger partial charge on any atom is -0.496 e. The van der Waals surface area contributed by atoms with Crippen LogP contribution in [0.2, 0.25) is 0 Å². The number of nitrogens with two attached hydrogens (primary N) is 1. The summed E-state index contributed by atoms with van der Waals surface area (Å²) in [5, 5.41) is 0. The second kappa shape index (κ2) is 5.29. The van der Waals surface area contributed by atoms with Gasteiger partial charge in [0, 0.05) is 12.1 Å². The number of hydrogen-bond acceptors (Lipinski definition) is 3. The number of methoxy groups -OCH3 is 1. The summed E-state index contributed by atoms with van der Waals surface area (Å²) in [6.45, 7) is 1.07. The molecule has 0 saturated heterocycles. The van der Waals surface area contributed by atoms with Gasteiger partial charge in [-0.3, -0.25) is 0 Å². The van der Waals surface area contributed by atoms with Crippen LogP contribution < -0.4 is 10.5 Å². The van der Waals surface area contributed by atoms with Gasteiger partial charge in [-0.2, -0.15) is 0 Å². The van der Waals surface area contributed by atoms with E-state index in [0.717, 1.165) is 38.0 Å². The van der Waals surface area contributed by atoms with E-state index < -0.39 is 0 Å². The number of likely N-dealkylation sites (N-methyl/N-ethyl adjacent to an activating group) is 1. The van der Waals surface area contributed by atoms with Crippen LogP contribution in [0.3, 0.4) is 0 Å². The highest BCUT2D eigenvalue weighted by Crippen LogP contribution is 2.38. The molecule has 1 aliphatic carbocycles. The lowest BCUT2D eigenvalue weighted by atomic mass is 10.00. The van der Waals surface area contributed by atoms with E-state index in [2.05, 4.69) is 37.2 Å². The number of hydrogen-bond donors (Lipinski definition) is 1. The molecule has 1 saturated carbocycles. The molecule has 0 unspecified atom stereocenters. The lowest BCUT2D eigenvalue weighted by molar-refractivity contribution is 0.405. The van der Waals surface area contributed by atoms with Gasteiger partial charge in [0.15, 0.2) is 0 Å². The van der Waals surface area contributed by atoms with Crippen molar-refractivity contribution in [2.75, 3.05) is 27.7 Å². The van der Waals surface area contributed by atoms with Crippen molar-refractivity contribution in [3.8, 4) is 5.75 Å². The Bertz CT molecular complexity index is 411. The first kappa shape index (κ1) is 13.4. The van der Waals surface area contributed by atoms with Crippen molar-refractivity contribution in [1.82, 2.24) is 4.90 Å². The molecule has 18 heavy (non-hydrogen) atoms. The van der Waals surface area contributed by atoms with Crippen molar-refractivity contribution < 1.29 is 4.74 Å². The molecular formula is C15H24N2O. The van der Waals surface area contributed by atoms with Gasteiger partial charge in [-0.15, -0.1) is 0 Å². The molecule has 0 aromatic heterocycles. The van der Waals surface area contributed by atoms with E-state index in [1.54, 1.807) is 7.11 Å². The Labute approximate surface area is 110 Å². The van der Waals surface area contributed by atoms with Crippen LogP contribution in [0.4, 0.5) is 0 Å². The summed E-state index contributed by atoms with van der Waals surface area (Å²) in [5.74, 6) is 0.973. The van der Waals surface area contributed by atoms with Crippen LogP contribution in [0.25, 0.3) is 0 Å². The third kappa shape index (κ3) is 3.47. The highest BCUT2D eigenvalue weighted by Gasteiger charge is 2.38. The molecule has 3 nitrogen and oxygen atoms in total. The predicted octanol–water partition coefficient (Wildman–Crippen LogP) is 1.83. The molecule has 0 aliphatic heterocycles. The van der Waals surface area contributed by atoms with Crippen molar-refractivity contribution in [3.05, 3.63) is 29.3 Å². The number of ether oxygens (including phenoxy) is 1. The Kier molecular flexibility index (Phi) is 3.93. The second-order valence-corrected chi connectivity index (χ2v) is 5.74. The van der Waals surface area contributed by atoms with Crippen LogP contribution in [0.1, 0.15) is 24.0 Å². The first-order chi connectivity index (χ1) is 8.52. The quantitative estimate of drug-likeness (QED) is 0.835. The first-order valence-corrected chi connectivity index (χ1v) is 6.62. The van der Waals surface area contributed by atoms with Crippen LogP contribution >= 0.6 is 0 Å². The lowest BCUT2D eigenvalue weighted by Crippen LogP contribution is -2.25. The summed E-state index contributed by atoms with van der Waals surface area (Å²) in [5.41, 5.74) is 8.87. The monoisotopic (exact) mass is 248 g/mol. The van der Waals surface area contributed by atoms with Gasteiger partial charge in [-0.1, -0.05) is 12.1 Å². The predicted molar refractivity (Wildman–Crippen MR) is 75.1 cm³/mol. The maximum absolute atomic E-state index is 6.21. The van der Waals surface area contributed by atoms with Crippen LogP contribution in [-0.2, 0) is 12.8 Å². The third-order valence-corrected chi connectivity index (χ3v) is 3.63. The molecule has 100 valence electrons. The van der Waals surface area contributed by atoms with Gasteiger partial charge in [-0.25, -0.2) is 0 Å². The zero-order chi connectivity index (χ0) is 13.2. The summed E-state index contributed by atoms with van der Waals surface area (Å²) in [6.07, 6.45) is 4.28. The van der Waals surface area contributed by atoms with E-state index in [-0.39, 0.29) is 5.54 Å². The molecule has 2 rings (SSSR count). The number of nitrogens with zero attached hydrogens (tertiary/aromatic N) is 1. The highest BCUT2D eigenvalue weighted by atomic mass is 16.5. The molecule has 0 heterocycles. The fraction of sp³-hybridized carbons (Fsp3) is 0.600. The van der Waals surface area contributed by atoms with Gasteiger partial charge < -0.3 is 15.4 Å². The van der Waals surface area contributed by atoms with Gasteiger partial charge >= 0.3 is 0 Å². The normalized spacial score (nSPS) is 16.9. The van der Waals surface area contributed by atoms with Crippen LogP contribution in [0.5, 0.6) is 5.75 Å². The number of rotatable bonds is 6. The SMILES string of the molecule is COc1ccc(CCN(C)C)cc1CC1(N)CC1. The van der Waals surface area contributed by atoms with E-state index in [0.29, 0.717) is 0 Å². The molecular weight excluding hydrogens is 224 g/mol. The Morgan fingerprint density at radius 3 is 2.61 bits per heavy atom. The lowest BCUT2D eigenvalue weighted by Gasteiger charge is -2.15. The Morgan fingerprint density at radius 1 is 1.33 bits per heavy atom. The maximum Gasteiger partial charge on any atom is 0.122 e. The molecule has 0 bridgehead atoms. The van der Waals surface area contributed by atoms with Crippen molar-refractivity contribution in [2.24, 2.45) is 5.73 Å². The summed E-state index contributed by atoms with van der Waals surface area (Å²) < 4.78 is 5.43. The zero-order valence-corrected chi connectivity index (χ0v) is 11.7. The Hall–Kier alpha value is -1.06. The molecule has 1 aliphatic rings. The minimum atomic E-state index is 0.0352. The molecule has 0 radical (unpaired) electrons. The average molecular weight is 248 g/mol. The fourth-order valence-corrected chi connectivity index (χ4v) is 2.19. The Balaban J connectivity index is 2.11. The molecule has 0 amide bonds. The van der Waals surface area contributed by atoms with Gasteiger partial charge in [0.05, 0.1) is 7.11 Å². The Morgan fingerprint density at radius 2 is 2.06 bits per heavy atom. The van der Waals surface area contributed by atoms with Crippen molar-refractivity contribution in [1.29, 1.82) is 0 Å². The topological polar surface area (TPSA) is 38.5 Å². The van der Waals surface area contributed by atoms with Crippen molar-refractivity contribution >= 4 is 0 Å². The van der Waals surface area contributed by atoms with E-state index in [1.165, 1.54) is 11.1 Å². The summed E-state index contributed by atoms with van der Waals surface area (Å²) >= 11 is 0. The van der Waals surface area contributed by atoms with Crippen LogP contribution in [-0.4, -0.2) is 38.2 Å². The van der Waals surface area contributed by atoms with Crippen molar-refractivity contribution in [3.63, 3.8) is 0 Å². The zero-order valence-electron chi connectivity index (χ0n) is 11.7. The molecule has 1 aromatic rings. The average Bonchev–Trinajstić information content (AvgIpc) is 3.04. The minimum absolute atomic E-state index is 0.0352. The maximum atomic E-state index is 6.21.